The second-order valence-corrected chi connectivity index (χ2v) is 14.5. The van der Waals surface area contributed by atoms with E-state index in [0.717, 1.165) is 117 Å². The first-order valence-corrected chi connectivity index (χ1v) is 21.1. The van der Waals surface area contributed by atoms with Crippen molar-refractivity contribution in [3.05, 3.63) is 180 Å². The fourth-order valence-corrected chi connectivity index (χ4v) is 7.72. The molecule has 7 aromatic carbocycles. The molecule has 0 amide bonds. The van der Waals surface area contributed by atoms with Gasteiger partial charge in [-0.25, -0.2) is 29.9 Å². The minimum absolute atomic E-state index is 0.767. The van der Waals surface area contributed by atoms with Gasteiger partial charge in [0.05, 0.1) is 67.3 Å². The predicted molar refractivity (Wildman–Crippen MR) is 255 cm³/mol. The van der Waals surface area contributed by atoms with Crippen LogP contribution in [0.15, 0.2) is 164 Å². The zero-order chi connectivity index (χ0) is 42.5. The van der Waals surface area contributed by atoms with E-state index in [2.05, 4.69) is 112 Å². The van der Waals surface area contributed by atoms with Crippen LogP contribution in [0.1, 0.15) is 44.4 Å². The number of benzene rings is 7. The molecule has 298 valence electrons. The van der Waals surface area contributed by atoms with Gasteiger partial charge in [0, 0.05) is 33.4 Å². The number of nitrogens with zero attached hydrogens (tertiary/aromatic N) is 6. The number of aryl methyl sites for hydroxylation is 3. The molecule has 0 bridgehead atoms. The number of hydrogen-bond donors (Lipinski definition) is 0. The van der Waals surface area contributed by atoms with Gasteiger partial charge < -0.3 is 0 Å². The molecule has 6 nitrogen and oxygen atoms in total. The fourth-order valence-electron chi connectivity index (χ4n) is 7.72. The second-order valence-electron chi connectivity index (χ2n) is 14.5. The monoisotopic (exact) mass is 792 g/mol. The standard InChI is InChI=1S/C51H36N6.2C2H6/c1-31-16-4-7-19-37(31)49-46(52-40-22-10-13-25-43(40)55-49)34-28-35(47-50(38-20-8-5-17-32(38)2)56-44-26-14-11-23-41(44)53-47)30-36(29-34)48-51(39-21-9-6-18-33(39)3)57-45-27-15-12-24-42(45)54-48;2*1-2/h4-30H,1-3H3;2*1-2H3. The molecule has 61 heavy (non-hydrogen) atoms. The molecule has 0 aliphatic carbocycles. The van der Waals surface area contributed by atoms with Crippen LogP contribution in [0, 0.1) is 20.8 Å². The first-order chi connectivity index (χ1) is 30.0. The first kappa shape index (κ1) is 40.3. The van der Waals surface area contributed by atoms with Gasteiger partial charge in [0.15, 0.2) is 0 Å². The highest BCUT2D eigenvalue weighted by Crippen LogP contribution is 2.42. The Morgan fingerprint density at radius 1 is 0.246 bits per heavy atom. The van der Waals surface area contributed by atoms with Crippen molar-refractivity contribution in [3.8, 4) is 67.5 Å². The van der Waals surface area contributed by atoms with Gasteiger partial charge in [-0.05, 0) is 92.1 Å². The summed E-state index contributed by atoms with van der Waals surface area (Å²) < 4.78 is 0. The van der Waals surface area contributed by atoms with Crippen molar-refractivity contribution in [1.29, 1.82) is 0 Å². The molecule has 3 aromatic heterocycles. The topological polar surface area (TPSA) is 77.3 Å². The largest absolute Gasteiger partial charge is 0.244 e. The highest BCUT2D eigenvalue weighted by atomic mass is 14.9. The Kier molecular flexibility index (Phi) is 11.8. The molecular formula is C55H48N6. The molecule has 0 atom stereocenters. The van der Waals surface area contributed by atoms with Crippen LogP contribution in [-0.4, -0.2) is 29.9 Å². The van der Waals surface area contributed by atoms with Crippen molar-refractivity contribution in [2.45, 2.75) is 48.5 Å². The lowest BCUT2D eigenvalue weighted by molar-refractivity contribution is 1.26. The van der Waals surface area contributed by atoms with E-state index in [9.17, 15) is 0 Å². The average Bonchev–Trinajstić information content (AvgIpc) is 3.32. The summed E-state index contributed by atoms with van der Waals surface area (Å²) in [4.78, 5) is 32.1. The van der Waals surface area contributed by atoms with E-state index in [1.54, 1.807) is 0 Å². The highest BCUT2D eigenvalue weighted by molar-refractivity contribution is 5.95. The Hall–Kier alpha value is -7.44. The molecule has 0 saturated heterocycles. The number of hydrogen-bond acceptors (Lipinski definition) is 6. The van der Waals surface area contributed by atoms with Crippen molar-refractivity contribution in [2.75, 3.05) is 0 Å². The molecule has 0 aliphatic heterocycles. The Balaban J connectivity index is 0.00000125. The number of para-hydroxylation sites is 6. The van der Waals surface area contributed by atoms with Crippen LogP contribution in [0.2, 0.25) is 0 Å². The molecule has 10 rings (SSSR count). The minimum atomic E-state index is 0.767. The maximum absolute atomic E-state index is 5.39. The Morgan fingerprint density at radius 2 is 0.443 bits per heavy atom. The third-order valence-corrected chi connectivity index (χ3v) is 10.7. The van der Waals surface area contributed by atoms with Crippen molar-refractivity contribution in [3.63, 3.8) is 0 Å². The molecule has 0 fully saturated rings. The van der Waals surface area contributed by atoms with E-state index in [0.29, 0.717) is 0 Å². The summed E-state index contributed by atoms with van der Waals surface area (Å²) in [6.45, 7) is 14.4. The lowest BCUT2D eigenvalue weighted by Crippen LogP contribution is -2.01. The average molecular weight is 793 g/mol. The molecule has 10 aromatic rings. The van der Waals surface area contributed by atoms with Crippen LogP contribution in [0.25, 0.3) is 101 Å². The molecule has 3 heterocycles. The molecule has 0 saturated carbocycles. The summed E-state index contributed by atoms with van der Waals surface area (Å²) in [6, 6.07) is 55.8. The third kappa shape index (κ3) is 7.88. The van der Waals surface area contributed by atoms with Crippen LogP contribution >= 0.6 is 0 Å². The van der Waals surface area contributed by atoms with Crippen molar-refractivity contribution < 1.29 is 0 Å². The maximum atomic E-state index is 5.39. The molecule has 0 radical (unpaired) electrons. The normalized spacial score (nSPS) is 10.9. The number of rotatable bonds is 6. The summed E-state index contributed by atoms with van der Waals surface area (Å²) >= 11 is 0. The molecule has 0 N–H and O–H groups in total. The molecular weight excluding hydrogens is 745 g/mol. The van der Waals surface area contributed by atoms with Crippen LogP contribution in [0.4, 0.5) is 0 Å². The Labute approximate surface area is 358 Å². The van der Waals surface area contributed by atoms with Gasteiger partial charge in [0.25, 0.3) is 0 Å². The SMILES string of the molecule is CC.CC.Cc1ccccc1-c1nc2ccccc2nc1-c1cc(-c2nc3ccccc3nc2-c2ccccc2C)cc(-c2nc3ccccc3nc2-c2ccccc2C)c1. The van der Waals surface area contributed by atoms with Crippen molar-refractivity contribution >= 4 is 33.1 Å². The summed E-state index contributed by atoms with van der Waals surface area (Å²) in [6.07, 6.45) is 0. The number of aromatic nitrogens is 6. The smallest absolute Gasteiger partial charge is 0.0975 e. The zero-order valence-corrected chi connectivity index (χ0v) is 35.8. The zero-order valence-electron chi connectivity index (χ0n) is 35.8. The summed E-state index contributed by atoms with van der Waals surface area (Å²) in [5.41, 5.74) is 18.7. The van der Waals surface area contributed by atoms with E-state index in [1.165, 1.54) is 0 Å². The van der Waals surface area contributed by atoms with Crippen molar-refractivity contribution in [2.24, 2.45) is 0 Å². The Bertz CT molecular complexity index is 2840. The van der Waals surface area contributed by atoms with Crippen LogP contribution in [-0.2, 0) is 0 Å². The summed E-state index contributed by atoms with van der Waals surface area (Å²) in [7, 11) is 0. The number of fused-ring (bicyclic) bond motifs is 3. The molecule has 0 unspecified atom stereocenters. The lowest BCUT2D eigenvalue weighted by atomic mass is 9.92. The van der Waals surface area contributed by atoms with Gasteiger partial charge in [-0.2, -0.15) is 0 Å². The molecule has 6 heteroatoms. The van der Waals surface area contributed by atoms with Gasteiger partial charge in [-0.15, -0.1) is 0 Å². The first-order valence-electron chi connectivity index (χ1n) is 21.1. The quantitative estimate of drug-likeness (QED) is 0.167. The van der Waals surface area contributed by atoms with E-state index < -0.39 is 0 Å². The lowest BCUT2D eigenvalue weighted by Gasteiger charge is -2.18. The Morgan fingerprint density at radius 3 is 0.672 bits per heavy atom. The summed E-state index contributed by atoms with van der Waals surface area (Å²) in [5.74, 6) is 0. The van der Waals surface area contributed by atoms with Gasteiger partial charge in [0.2, 0.25) is 0 Å². The van der Waals surface area contributed by atoms with E-state index in [1.807, 2.05) is 100 Å². The van der Waals surface area contributed by atoms with E-state index >= 15 is 0 Å². The predicted octanol–water partition coefficient (Wildman–Crippen LogP) is 14.5. The van der Waals surface area contributed by atoms with Gasteiger partial charge in [0.1, 0.15) is 0 Å². The van der Waals surface area contributed by atoms with Crippen LogP contribution in [0.5, 0.6) is 0 Å². The van der Waals surface area contributed by atoms with Crippen LogP contribution in [0.3, 0.4) is 0 Å². The highest BCUT2D eigenvalue weighted by Gasteiger charge is 2.23. The van der Waals surface area contributed by atoms with Crippen LogP contribution < -0.4 is 0 Å². The third-order valence-electron chi connectivity index (χ3n) is 10.7. The maximum Gasteiger partial charge on any atom is 0.0975 e. The summed E-state index contributed by atoms with van der Waals surface area (Å²) in [5, 5.41) is 0. The minimum Gasteiger partial charge on any atom is -0.244 e. The molecule has 0 aliphatic rings. The van der Waals surface area contributed by atoms with Gasteiger partial charge >= 0.3 is 0 Å². The van der Waals surface area contributed by atoms with Gasteiger partial charge in [-0.3, -0.25) is 0 Å². The van der Waals surface area contributed by atoms with Crippen molar-refractivity contribution in [1.82, 2.24) is 29.9 Å². The van der Waals surface area contributed by atoms with Gasteiger partial charge in [-0.1, -0.05) is 137 Å². The fraction of sp³-hybridized carbons (Fsp3) is 0.127. The van der Waals surface area contributed by atoms with E-state index in [4.69, 9.17) is 29.9 Å². The van der Waals surface area contributed by atoms with E-state index in [-0.39, 0.29) is 0 Å². The second kappa shape index (κ2) is 17.8. The molecule has 0 spiro atoms.